The van der Waals surface area contributed by atoms with E-state index in [4.69, 9.17) is 15.2 Å². The number of piperidine rings is 1. The van der Waals surface area contributed by atoms with Crippen molar-refractivity contribution in [1.29, 1.82) is 0 Å². The minimum atomic E-state index is -3.31. The van der Waals surface area contributed by atoms with E-state index in [0.29, 0.717) is 4.47 Å². The number of nitrogens with two attached hydrogens (primary N) is 1. The molecule has 1 saturated heterocycles. The van der Waals surface area contributed by atoms with E-state index in [9.17, 15) is 18.4 Å². The van der Waals surface area contributed by atoms with Gasteiger partial charge in [-0.1, -0.05) is 15.9 Å². The second-order valence-corrected chi connectivity index (χ2v) is 7.98. The van der Waals surface area contributed by atoms with Crippen LogP contribution in [-0.2, 0) is 4.74 Å². The molecular weight excluding hydrogens is 414 g/mol. The fraction of sp³-hybridized carbons (Fsp3) is 0.529. The largest absolute Gasteiger partial charge is 0.483 e. The fourth-order valence-electron chi connectivity index (χ4n) is 2.50. The Labute approximate surface area is 158 Å². The average molecular weight is 435 g/mol. The average Bonchev–Trinajstić information content (AvgIpc) is 2.48. The molecule has 1 heterocycles. The smallest absolute Gasteiger partial charge is 0.410 e. The van der Waals surface area contributed by atoms with Crippen molar-refractivity contribution in [1.82, 2.24) is 4.90 Å². The highest BCUT2D eigenvalue weighted by Crippen LogP contribution is 2.33. The number of primary amides is 1. The molecule has 1 atom stereocenters. The fourth-order valence-corrected chi connectivity index (χ4v) is 2.86. The van der Waals surface area contributed by atoms with Gasteiger partial charge in [0.2, 0.25) is 0 Å². The molecule has 1 aliphatic heterocycles. The summed E-state index contributed by atoms with van der Waals surface area (Å²) in [5.41, 5.74) is 4.51. The lowest BCUT2D eigenvalue weighted by molar-refractivity contribution is -0.137. The number of likely N-dealkylation sites (tertiary alicyclic amines) is 1. The number of benzene rings is 1. The number of carbonyl (C=O) groups excluding carboxylic acids is 2. The van der Waals surface area contributed by atoms with Crippen LogP contribution >= 0.6 is 15.9 Å². The number of carbonyl (C=O) groups is 2. The predicted molar refractivity (Wildman–Crippen MR) is 94.4 cm³/mol. The van der Waals surface area contributed by atoms with E-state index in [0.717, 1.165) is 4.90 Å². The molecule has 0 bridgehead atoms. The first kappa shape index (κ1) is 20.4. The number of amides is 2. The van der Waals surface area contributed by atoms with E-state index < -0.39 is 36.2 Å². The van der Waals surface area contributed by atoms with Gasteiger partial charge in [-0.25, -0.2) is 13.6 Å². The second kappa shape index (κ2) is 7.38. The summed E-state index contributed by atoms with van der Waals surface area (Å²) >= 11 is 3.19. The molecule has 0 saturated carbocycles. The molecule has 1 aromatic carbocycles. The van der Waals surface area contributed by atoms with Crippen LogP contribution < -0.4 is 10.5 Å². The lowest BCUT2D eigenvalue weighted by Crippen LogP contribution is -2.56. The summed E-state index contributed by atoms with van der Waals surface area (Å²) in [7, 11) is 0. The van der Waals surface area contributed by atoms with Gasteiger partial charge in [-0.15, -0.1) is 0 Å². The maximum absolute atomic E-state index is 14.5. The van der Waals surface area contributed by atoms with Crippen LogP contribution in [0.1, 0.15) is 37.6 Å². The summed E-state index contributed by atoms with van der Waals surface area (Å²) in [4.78, 5) is 24.5. The molecule has 0 radical (unpaired) electrons. The minimum Gasteiger partial charge on any atom is -0.483 e. The van der Waals surface area contributed by atoms with Crippen LogP contribution in [0, 0.1) is 0 Å². The van der Waals surface area contributed by atoms with Gasteiger partial charge >= 0.3 is 12.0 Å². The second-order valence-electron chi connectivity index (χ2n) is 7.06. The van der Waals surface area contributed by atoms with Crippen LogP contribution in [0.2, 0.25) is 0 Å². The Bertz CT molecular complexity index is 706. The van der Waals surface area contributed by atoms with Crippen molar-refractivity contribution in [2.45, 2.75) is 44.8 Å². The lowest BCUT2D eigenvalue weighted by Gasteiger charge is -2.38. The molecule has 1 aliphatic rings. The highest BCUT2D eigenvalue weighted by Gasteiger charge is 2.48. The van der Waals surface area contributed by atoms with Crippen LogP contribution in [0.3, 0.4) is 0 Å². The third-order valence-electron chi connectivity index (χ3n) is 3.66. The zero-order valence-corrected chi connectivity index (χ0v) is 16.3. The van der Waals surface area contributed by atoms with Gasteiger partial charge in [0.25, 0.3) is 5.91 Å². The zero-order chi connectivity index (χ0) is 19.7. The first-order chi connectivity index (χ1) is 11.9. The van der Waals surface area contributed by atoms with Gasteiger partial charge < -0.3 is 20.1 Å². The van der Waals surface area contributed by atoms with Crippen LogP contribution in [0.25, 0.3) is 0 Å². The minimum absolute atomic E-state index is 0.00440. The van der Waals surface area contributed by atoms with Gasteiger partial charge in [0.05, 0.1) is 12.1 Å². The van der Waals surface area contributed by atoms with Gasteiger partial charge in [-0.05, 0) is 39.0 Å². The number of alkyl halides is 2. The molecule has 2 amide bonds. The summed E-state index contributed by atoms with van der Waals surface area (Å²) in [6.07, 6.45) is -2.39. The Morgan fingerprint density at radius 1 is 1.35 bits per heavy atom. The summed E-state index contributed by atoms with van der Waals surface area (Å²) < 4.78 is 40.1. The van der Waals surface area contributed by atoms with Crippen LogP contribution in [0.4, 0.5) is 13.6 Å². The zero-order valence-electron chi connectivity index (χ0n) is 14.7. The number of rotatable bonds is 3. The quantitative estimate of drug-likeness (QED) is 0.787. The first-order valence-corrected chi connectivity index (χ1v) is 8.80. The summed E-state index contributed by atoms with van der Waals surface area (Å²) in [5, 5.41) is 0. The molecule has 2 rings (SSSR count). The van der Waals surface area contributed by atoms with Gasteiger partial charge in [0, 0.05) is 17.4 Å². The lowest BCUT2D eigenvalue weighted by atomic mass is 10.0. The summed E-state index contributed by atoms with van der Waals surface area (Å²) in [5.74, 6) is -4.11. The number of hydrogen-bond donors (Lipinski definition) is 1. The Morgan fingerprint density at radius 3 is 2.54 bits per heavy atom. The Kier molecular flexibility index (Phi) is 5.79. The Morgan fingerprint density at radius 2 is 2.00 bits per heavy atom. The van der Waals surface area contributed by atoms with E-state index >= 15 is 0 Å². The van der Waals surface area contributed by atoms with E-state index in [1.54, 1.807) is 26.8 Å². The molecule has 9 heteroatoms. The van der Waals surface area contributed by atoms with Gasteiger partial charge in [0.1, 0.15) is 11.4 Å². The molecule has 1 aromatic rings. The van der Waals surface area contributed by atoms with Crippen LogP contribution in [0.5, 0.6) is 5.75 Å². The van der Waals surface area contributed by atoms with Crippen LogP contribution in [-0.4, -0.2) is 47.6 Å². The van der Waals surface area contributed by atoms with E-state index in [2.05, 4.69) is 15.9 Å². The third kappa shape index (κ3) is 5.06. The maximum Gasteiger partial charge on any atom is 0.410 e. The molecule has 6 nitrogen and oxygen atoms in total. The van der Waals surface area contributed by atoms with E-state index in [1.807, 2.05) is 0 Å². The molecular formula is C17H21BrF2N2O4. The number of halogens is 3. The van der Waals surface area contributed by atoms with Crippen molar-refractivity contribution in [3.05, 3.63) is 28.2 Å². The molecule has 0 aromatic heterocycles. The van der Waals surface area contributed by atoms with Crippen molar-refractivity contribution in [2.75, 3.05) is 13.1 Å². The molecule has 1 fully saturated rings. The SMILES string of the molecule is CC(C)(C)OC(=O)N1CCC(Oc2ccc(Br)cc2C(N)=O)C(F)(F)C1. The van der Waals surface area contributed by atoms with Crippen molar-refractivity contribution in [2.24, 2.45) is 5.73 Å². The van der Waals surface area contributed by atoms with Gasteiger partial charge in [0.15, 0.2) is 6.10 Å². The highest BCUT2D eigenvalue weighted by molar-refractivity contribution is 9.10. The van der Waals surface area contributed by atoms with E-state index in [1.165, 1.54) is 12.1 Å². The van der Waals surface area contributed by atoms with Crippen molar-refractivity contribution >= 4 is 27.9 Å². The molecule has 0 spiro atoms. The third-order valence-corrected chi connectivity index (χ3v) is 4.16. The molecule has 2 N–H and O–H groups in total. The van der Waals surface area contributed by atoms with Crippen molar-refractivity contribution < 1.29 is 27.8 Å². The number of nitrogens with zero attached hydrogens (tertiary/aromatic N) is 1. The molecule has 0 aliphatic carbocycles. The van der Waals surface area contributed by atoms with Crippen molar-refractivity contribution in [3.63, 3.8) is 0 Å². The van der Waals surface area contributed by atoms with E-state index in [-0.39, 0.29) is 24.3 Å². The topological polar surface area (TPSA) is 81.9 Å². The Hall–Kier alpha value is -1.90. The van der Waals surface area contributed by atoms with Crippen LogP contribution in [0.15, 0.2) is 22.7 Å². The highest BCUT2D eigenvalue weighted by atomic mass is 79.9. The summed E-state index contributed by atoms with van der Waals surface area (Å²) in [6.45, 7) is 4.22. The van der Waals surface area contributed by atoms with Crippen molar-refractivity contribution in [3.8, 4) is 5.75 Å². The summed E-state index contributed by atoms with van der Waals surface area (Å²) in [6, 6.07) is 4.38. The normalized spacial score (nSPS) is 19.8. The standard InChI is InChI=1S/C17H21BrF2N2O4/c1-16(2,3)26-15(24)22-7-6-13(17(19,20)9-22)25-12-5-4-10(18)8-11(12)14(21)23/h4-5,8,13H,6-7,9H2,1-3H3,(H2,21,23). The number of hydrogen-bond acceptors (Lipinski definition) is 4. The monoisotopic (exact) mass is 434 g/mol. The maximum atomic E-state index is 14.5. The number of ether oxygens (including phenoxy) is 2. The first-order valence-electron chi connectivity index (χ1n) is 8.01. The molecule has 1 unspecified atom stereocenters. The van der Waals surface area contributed by atoms with Gasteiger partial charge in [-0.3, -0.25) is 4.79 Å². The predicted octanol–water partition coefficient (Wildman–Crippen LogP) is 3.57. The van der Waals surface area contributed by atoms with Gasteiger partial charge in [-0.2, -0.15) is 0 Å². The molecule has 144 valence electrons. The Balaban J connectivity index is 2.12. The molecule has 26 heavy (non-hydrogen) atoms.